The van der Waals surface area contributed by atoms with E-state index in [-0.39, 0.29) is 31.1 Å². The Bertz CT molecular complexity index is 1070. The lowest BCUT2D eigenvalue weighted by atomic mass is 10.0. The highest BCUT2D eigenvalue weighted by molar-refractivity contribution is 5.71. The number of carbonyl (C=O) groups is 3. The van der Waals surface area contributed by atoms with Gasteiger partial charge in [-0.2, -0.15) is 0 Å². The van der Waals surface area contributed by atoms with Gasteiger partial charge in [0.15, 0.2) is 6.10 Å². The van der Waals surface area contributed by atoms with E-state index in [1.54, 1.807) is 0 Å². The molecule has 1 atom stereocenters. The van der Waals surface area contributed by atoms with Crippen LogP contribution in [0.4, 0.5) is 0 Å². The Labute approximate surface area is 378 Å². The van der Waals surface area contributed by atoms with Crippen molar-refractivity contribution in [2.75, 3.05) is 13.2 Å². The van der Waals surface area contributed by atoms with Gasteiger partial charge < -0.3 is 14.2 Å². The third kappa shape index (κ3) is 48.3. The molecule has 0 aliphatic carbocycles. The quantitative estimate of drug-likeness (QED) is 0.0263. The molecule has 6 nitrogen and oxygen atoms in total. The van der Waals surface area contributed by atoms with Crippen LogP contribution in [-0.2, 0) is 28.6 Å². The van der Waals surface area contributed by atoms with Gasteiger partial charge in [0.25, 0.3) is 0 Å². The monoisotopic (exact) mass is 855 g/mol. The number of unbranched alkanes of at least 4 members (excludes halogenated alkanes) is 28. The van der Waals surface area contributed by atoms with Gasteiger partial charge in [0.2, 0.25) is 0 Å². The van der Waals surface area contributed by atoms with Crippen LogP contribution in [0.3, 0.4) is 0 Å². The van der Waals surface area contributed by atoms with E-state index in [9.17, 15) is 14.4 Å². The molecule has 6 heteroatoms. The number of carbonyl (C=O) groups excluding carboxylic acids is 3. The number of hydrogen-bond acceptors (Lipinski definition) is 6. The molecule has 0 spiro atoms. The molecule has 0 saturated carbocycles. The molecule has 0 saturated heterocycles. The maximum Gasteiger partial charge on any atom is 0.306 e. The van der Waals surface area contributed by atoms with Crippen LogP contribution >= 0.6 is 0 Å². The number of hydrogen-bond donors (Lipinski definition) is 0. The van der Waals surface area contributed by atoms with Crippen LogP contribution < -0.4 is 0 Å². The van der Waals surface area contributed by atoms with Gasteiger partial charge in [-0.25, -0.2) is 0 Å². The first-order valence-corrected chi connectivity index (χ1v) is 26.1. The van der Waals surface area contributed by atoms with Crippen molar-refractivity contribution in [2.24, 2.45) is 0 Å². The van der Waals surface area contributed by atoms with Crippen molar-refractivity contribution in [3.63, 3.8) is 0 Å². The number of rotatable bonds is 47. The van der Waals surface area contributed by atoms with Gasteiger partial charge in [0, 0.05) is 19.3 Å². The Morgan fingerprint density at radius 1 is 0.328 bits per heavy atom. The third-order valence-corrected chi connectivity index (χ3v) is 11.3. The molecule has 0 heterocycles. The van der Waals surface area contributed by atoms with E-state index in [4.69, 9.17) is 14.2 Å². The zero-order valence-corrected chi connectivity index (χ0v) is 40.4. The highest BCUT2D eigenvalue weighted by Crippen LogP contribution is 2.15. The predicted octanol–water partition coefficient (Wildman–Crippen LogP) is 17.1. The van der Waals surface area contributed by atoms with Crippen LogP contribution in [-0.4, -0.2) is 37.2 Å². The lowest BCUT2D eigenvalue weighted by Crippen LogP contribution is -2.30. The highest BCUT2D eigenvalue weighted by Gasteiger charge is 2.19. The lowest BCUT2D eigenvalue weighted by Gasteiger charge is -2.18. The second kappa shape index (κ2) is 50.0. The van der Waals surface area contributed by atoms with Crippen LogP contribution in [0.25, 0.3) is 0 Å². The summed E-state index contributed by atoms with van der Waals surface area (Å²) in [5, 5.41) is 0. The molecule has 0 rings (SSSR count). The number of esters is 3. The molecule has 0 amide bonds. The van der Waals surface area contributed by atoms with E-state index < -0.39 is 6.10 Å². The van der Waals surface area contributed by atoms with Gasteiger partial charge in [-0.1, -0.05) is 217 Å². The van der Waals surface area contributed by atoms with Gasteiger partial charge in [-0.3, -0.25) is 14.4 Å². The van der Waals surface area contributed by atoms with Gasteiger partial charge >= 0.3 is 17.9 Å². The van der Waals surface area contributed by atoms with E-state index >= 15 is 0 Å². The zero-order valence-electron chi connectivity index (χ0n) is 40.4. The molecule has 61 heavy (non-hydrogen) atoms. The molecule has 0 fully saturated rings. The SMILES string of the molecule is CCCC/C=C\CCCCCCCC(=O)OCC(COC(=O)CCCCCCCC/C=C\C/C=C\C/C=C\CCCCC)OC(=O)CCCCCCCCCCCCCCC. The first-order valence-electron chi connectivity index (χ1n) is 26.1. The average Bonchev–Trinajstić information content (AvgIpc) is 3.26. The molecule has 0 aromatic heterocycles. The van der Waals surface area contributed by atoms with Crippen molar-refractivity contribution < 1.29 is 28.6 Å². The van der Waals surface area contributed by atoms with Crippen LogP contribution in [0.5, 0.6) is 0 Å². The topological polar surface area (TPSA) is 78.9 Å². The Morgan fingerprint density at radius 2 is 0.607 bits per heavy atom. The van der Waals surface area contributed by atoms with Crippen LogP contribution in [0, 0.1) is 0 Å². The van der Waals surface area contributed by atoms with Crippen molar-refractivity contribution >= 4 is 17.9 Å². The van der Waals surface area contributed by atoms with E-state index in [1.165, 1.54) is 141 Å². The molecular weight excluding hydrogens is 757 g/mol. The molecule has 1 unspecified atom stereocenters. The number of allylic oxidation sites excluding steroid dienone is 8. The molecule has 354 valence electrons. The second-order valence-electron chi connectivity index (χ2n) is 17.4. The number of ether oxygens (including phenoxy) is 3. The van der Waals surface area contributed by atoms with Crippen molar-refractivity contribution in [2.45, 2.75) is 271 Å². The Morgan fingerprint density at radius 3 is 1.02 bits per heavy atom. The summed E-state index contributed by atoms with van der Waals surface area (Å²) >= 11 is 0. The molecular formula is C55H98O6. The second-order valence-corrected chi connectivity index (χ2v) is 17.4. The summed E-state index contributed by atoms with van der Waals surface area (Å²) in [5.74, 6) is -0.894. The summed E-state index contributed by atoms with van der Waals surface area (Å²) in [6.45, 7) is 6.57. The normalized spacial score (nSPS) is 12.4. The first kappa shape index (κ1) is 58.4. The van der Waals surface area contributed by atoms with Crippen molar-refractivity contribution in [1.82, 2.24) is 0 Å². The summed E-state index contributed by atoms with van der Waals surface area (Å²) in [6, 6.07) is 0. The molecule has 0 aliphatic rings. The molecule has 0 aromatic carbocycles. The minimum atomic E-state index is -0.778. The minimum Gasteiger partial charge on any atom is -0.462 e. The summed E-state index contributed by atoms with van der Waals surface area (Å²) in [7, 11) is 0. The molecule has 0 bridgehead atoms. The van der Waals surface area contributed by atoms with Crippen LogP contribution in [0.2, 0.25) is 0 Å². The smallest absolute Gasteiger partial charge is 0.306 e. The van der Waals surface area contributed by atoms with Crippen LogP contribution in [0.1, 0.15) is 265 Å². The summed E-state index contributed by atoms with van der Waals surface area (Å²) in [6.07, 6.45) is 59.5. The highest BCUT2D eigenvalue weighted by atomic mass is 16.6. The zero-order chi connectivity index (χ0) is 44.4. The molecule has 0 aliphatic heterocycles. The van der Waals surface area contributed by atoms with E-state index in [1.807, 2.05) is 0 Å². The Hall–Kier alpha value is -2.63. The van der Waals surface area contributed by atoms with Crippen LogP contribution in [0.15, 0.2) is 48.6 Å². The minimum absolute atomic E-state index is 0.0798. The largest absolute Gasteiger partial charge is 0.462 e. The fraction of sp³-hybridized carbons (Fsp3) is 0.800. The Balaban J connectivity index is 4.35. The average molecular weight is 855 g/mol. The summed E-state index contributed by atoms with van der Waals surface area (Å²) < 4.78 is 16.8. The van der Waals surface area contributed by atoms with E-state index in [0.29, 0.717) is 19.3 Å². The van der Waals surface area contributed by atoms with Gasteiger partial charge in [-0.15, -0.1) is 0 Å². The third-order valence-electron chi connectivity index (χ3n) is 11.3. The summed E-state index contributed by atoms with van der Waals surface area (Å²) in [4.78, 5) is 37.9. The maximum atomic E-state index is 12.8. The van der Waals surface area contributed by atoms with Crippen molar-refractivity contribution in [3.05, 3.63) is 48.6 Å². The molecule has 0 N–H and O–H groups in total. The first-order chi connectivity index (χ1) is 30.0. The lowest BCUT2D eigenvalue weighted by molar-refractivity contribution is -0.167. The predicted molar refractivity (Wildman–Crippen MR) is 261 cm³/mol. The standard InChI is InChI=1S/C55H98O6/c1-4-7-10-13-16-19-22-24-25-26-27-28-29-31-33-36-39-42-45-48-54(57)60-51-52(50-59-53(56)47-44-41-38-35-32-21-18-15-12-9-6-3)61-55(58)49-46-43-40-37-34-30-23-20-17-14-11-8-5-2/h15-16,18-19,24-25,27-28,52H,4-14,17,20-23,26,29-51H2,1-3H3/b18-15-,19-16-,25-24-,28-27-. The van der Waals surface area contributed by atoms with E-state index in [2.05, 4.69) is 69.4 Å². The maximum absolute atomic E-state index is 12.8. The fourth-order valence-electron chi connectivity index (χ4n) is 7.31. The van der Waals surface area contributed by atoms with E-state index in [0.717, 1.165) is 83.5 Å². The van der Waals surface area contributed by atoms with Crippen molar-refractivity contribution in [3.8, 4) is 0 Å². The van der Waals surface area contributed by atoms with Gasteiger partial charge in [0.1, 0.15) is 13.2 Å². The molecule has 0 aromatic rings. The van der Waals surface area contributed by atoms with Gasteiger partial charge in [0.05, 0.1) is 0 Å². The van der Waals surface area contributed by atoms with Crippen molar-refractivity contribution in [1.29, 1.82) is 0 Å². The Kier molecular flexibility index (Phi) is 47.9. The fourth-order valence-corrected chi connectivity index (χ4v) is 7.31. The molecule has 0 radical (unpaired) electrons. The summed E-state index contributed by atoms with van der Waals surface area (Å²) in [5.41, 5.74) is 0. The van der Waals surface area contributed by atoms with Gasteiger partial charge in [-0.05, 0) is 77.0 Å².